The molecule has 1 aromatic rings. The van der Waals surface area contributed by atoms with Crippen molar-refractivity contribution in [1.82, 2.24) is 9.80 Å². The Balaban J connectivity index is 1.62. The molecular formula is C38H60FN3O6Si. The topological polar surface area (TPSA) is 80.8 Å². The number of rotatable bonds is 6. The van der Waals surface area contributed by atoms with Gasteiger partial charge in [-0.25, -0.2) is 9.18 Å². The zero-order chi connectivity index (χ0) is 38.4. The molecule has 49 heavy (non-hydrogen) atoms. The second-order valence-corrected chi connectivity index (χ2v) is 20.2. The number of morpholine rings is 1. The highest BCUT2D eigenvalue weighted by molar-refractivity contribution is 6.74. The van der Waals surface area contributed by atoms with Crippen molar-refractivity contribution >= 4 is 32.1 Å². The van der Waals surface area contributed by atoms with Crippen LogP contribution in [0, 0.1) is 17.7 Å². The van der Waals surface area contributed by atoms with E-state index in [2.05, 4.69) is 38.8 Å². The Bertz CT molecular complexity index is 1440. The van der Waals surface area contributed by atoms with Crippen molar-refractivity contribution in [3.8, 4) is 0 Å². The van der Waals surface area contributed by atoms with Crippen LogP contribution in [0.3, 0.4) is 0 Å². The quantitative estimate of drug-likeness (QED) is 0.176. The van der Waals surface area contributed by atoms with Gasteiger partial charge >= 0.3 is 12.1 Å². The van der Waals surface area contributed by atoms with Gasteiger partial charge in [0.15, 0.2) is 8.32 Å². The SMILES string of the molecule is [2H]C([2H])([2H])N1CCN(C(=O)O[C@H]2/C=C/[C@H](C)[C@@H](/C(C)=C/c3cc(F)cc(N4CCOCC4)c3)OC(=O)C[C@H](O[Si](C)(C)C(C)(C)C)CC[C@@H]2C)CC1. The zero-order valence-corrected chi connectivity index (χ0v) is 31.8. The van der Waals surface area contributed by atoms with E-state index in [9.17, 15) is 14.0 Å². The second kappa shape index (κ2) is 17.0. The highest BCUT2D eigenvalue weighted by Gasteiger charge is 2.40. The summed E-state index contributed by atoms with van der Waals surface area (Å²) in [4.78, 5) is 32.2. The predicted octanol–water partition coefficient (Wildman–Crippen LogP) is 7.13. The number of hydrogen-bond acceptors (Lipinski definition) is 8. The number of amides is 1. The van der Waals surface area contributed by atoms with Crippen LogP contribution in [-0.2, 0) is 23.4 Å². The lowest BCUT2D eigenvalue weighted by atomic mass is 9.91. The van der Waals surface area contributed by atoms with Crippen LogP contribution in [0.25, 0.3) is 6.08 Å². The average Bonchev–Trinajstić information content (AvgIpc) is 3.06. The van der Waals surface area contributed by atoms with Crippen molar-refractivity contribution in [2.45, 2.75) is 97.2 Å². The van der Waals surface area contributed by atoms with E-state index in [1.54, 1.807) is 4.90 Å². The summed E-state index contributed by atoms with van der Waals surface area (Å²) in [6.07, 6.45) is 4.84. The first-order chi connectivity index (χ1) is 24.2. The Morgan fingerprint density at radius 3 is 2.39 bits per heavy atom. The molecule has 0 radical (unpaired) electrons. The normalized spacial score (nSPS) is 29.1. The van der Waals surface area contributed by atoms with Gasteiger partial charge in [-0.2, -0.15) is 0 Å². The fraction of sp³-hybridized carbons (Fsp3) is 0.684. The van der Waals surface area contributed by atoms with Gasteiger partial charge in [-0.1, -0.05) is 46.8 Å². The molecule has 2 fully saturated rings. The smallest absolute Gasteiger partial charge is 0.410 e. The minimum atomic E-state index is -2.26. The van der Waals surface area contributed by atoms with Gasteiger partial charge in [0.25, 0.3) is 0 Å². The van der Waals surface area contributed by atoms with E-state index in [1.165, 1.54) is 17.0 Å². The van der Waals surface area contributed by atoms with Crippen molar-refractivity contribution in [2.24, 2.45) is 11.8 Å². The monoisotopic (exact) mass is 704 g/mol. The van der Waals surface area contributed by atoms with Crippen LogP contribution in [-0.4, -0.2) is 108 Å². The Morgan fingerprint density at radius 2 is 1.73 bits per heavy atom. The largest absolute Gasteiger partial charge is 0.457 e. The summed E-state index contributed by atoms with van der Waals surface area (Å²) in [6.45, 7) is 18.0. The number of cyclic esters (lactones) is 1. The van der Waals surface area contributed by atoms with Crippen LogP contribution in [0.1, 0.15) is 70.5 Å². The first-order valence-corrected chi connectivity index (χ1v) is 20.7. The minimum absolute atomic E-state index is 0.0714. The first-order valence-electron chi connectivity index (χ1n) is 19.3. The molecule has 0 aliphatic carbocycles. The molecule has 2 saturated heterocycles. The summed E-state index contributed by atoms with van der Waals surface area (Å²) in [5, 5.41) is -0.0714. The van der Waals surface area contributed by atoms with Gasteiger partial charge in [0, 0.05) is 55.0 Å². The third kappa shape index (κ3) is 11.1. The second-order valence-electron chi connectivity index (χ2n) is 15.5. The van der Waals surface area contributed by atoms with Crippen molar-refractivity contribution in [3.63, 3.8) is 0 Å². The highest BCUT2D eigenvalue weighted by atomic mass is 28.4. The zero-order valence-electron chi connectivity index (χ0n) is 33.8. The molecule has 3 aliphatic heterocycles. The number of halogens is 1. The van der Waals surface area contributed by atoms with Crippen molar-refractivity contribution in [2.75, 3.05) is 64.4 Å². The fourth-order valence-electron chi connectivity index (χ4n) is 6.24. The summed E-state index contributed by atoms with van der Waals surface area (Å²) in [6, 6.07) is 4.94. The third-order valence-corrected chi connectivity index (χ3v) is 14.9. The molecule has 1 aromatic carbocycles. The number of hydrogen-bond donors (Lipinski definition) is 0. The van der Waals surface area contributed by atoms with Gasteiger partial charge in [-0.3, -0.25) is 4.79 Å². The van der Waals surface area contributed by atoms with E-state index in [4.69, 9.17) is 22.7 Å². The summed E-state index contributed by atoms with van der Waals surface area (Å²) in [7, 11) is -2.26. The Hall–Kier alpha value is -2.73. The lowest BCUT2D eigenvalue weighted by Gasteiger charge is -2.39. The van der Waals surface area contributed by atoms with Gasteiger partial charge in [0.1, 0.15) is 18.0 Å². The standard InChI is InChI=1S/C38H60FN3O6Si/c1-27-10-12-33(48-49(8,9)38(4,5)6)26-35(43)47-36(28(2)11-13-34(27)46-37(44)42-16-14-40(7)15-17-42)29(3)22-30-23-31(39)25-32(24-30)41-18-20-45-21-19-41/h11,13,22-25,27-28,33-34,36H,10,12,14-21,26H2,1-9H3/b13-11+,29-22+/t27-,28-,33+,34-,36-/m0/s1/i7D3. The molecule has 0 saturated carbocycles. The molecule has 3 aliphatic rings. The van der Waals surface area contributed by atoms with Gasteiger partial charge in [0.05, 0.1) is 25.7 Å². The van der Waals surface area contributed by atoms with E-state index in [1.807, 2.05) is 45.1 Å². The van der Waals surface area contributed by atoms with E-state index < -0.39 is 33.6 Å². The van der Waals surface area contributed by atoms with E-state index in [-0.39, 0.29) is 67.4 Å². The molecule has 5 atom stereocenters. The van der Waals surface area contributed by atoms with Gasteiger partial charge in [-0.15, -0.1) is 0 Å². The number of nitrogens with zero attached hydrogens (tertiary/aromatic N) is 3. The van der Waals surface area contributed by atoms with Gasteiger partial charge < -0.3 is 33.3 Å². The number of anilines is 1. The maximum absolute atomic E-state index is 14.9. The van der Waals surface area contributed by atoms with E-state index in [0.29, 0.717) is 44.7 Å². The maximum Gasteiger partial charge on any atom is 0.410 e. The molecule has 0 aromatic heterocycles. The molecule has 4 rings (SSSR count). The van der Waals surface area contributed by atoms with Crippen molar-refractivity contribution in [1.29, 1.82) is 0 Å². The number of piperazine rings is 1. The number of esters is 1. The maximum atomic E-state index is 14.9. The fourth-order valence-corrected chi connectivity index (χ4v) is 7.63. The average molecular weight is 705 g/mol. The lowest BCUT2D eigenvalue weighted by molar-refractivity contribution is -0.150. The molecule has 11 heteroatoms. The molecule has 0 spiro atoms. The van der Waals surface area contributed by atoms with Crippen molar-refractivity contribution < 1.29 is 36.7 Å². The number of likely N-dealkylation sites (N-methyl/N-ethyl adjacent to an activating group) is 1. The van der Waals surface area contributed by atoms with Crippen LogP contribution in [0.15, 0.2) is 35.9 Å². The van der Waals surface area contributed by atoms with Gasteiger partial charge in [-0.05, 0) is 86.2 Å². The van der Waals surface area contributed by atoms with Gasteiger partial charge in [0.2, 0.25) is 0 Å². The van der Waals surface area contributed by atoms with E-state index >= 15 is 0 Å². The van der Waals surface area contributed by atoms with E-state index in [0.717, 1.165) is 11.3 Å². The molecule has 0 N–H and O–H groups in total. The van der Waals surface area contributed by atoms with Crippen LogP contribution in [0.2, 0.25) is 18.1 Å². The summed E-state index contributed by atoms with van der Waals surface area (Å²) >= 11 is 0. The molecular weight excluding hydrogens is 642 g/mol. The Morgan fingerprint density at radius 1 is 1.04 bits per heavy atom. The van der Waals surface area contributed by atoms with Crippen LogP contribution < -0.4 is 4.90 Å². The van der Waals surface area contributed by atoms with Crippen molar-refractivity contribution in [3.05, 3.63) is 47.3 Å². The number of benzene rings is 1. The molecule has 3 heterocycles. The molecule has 1 amide bonds. The summed E-state index contributed by atoms with van der Waals surface area (Å²) in [5.74, 6) is -1.13. The summed E-state index contributed by atoms with van der Waals surface area (Å²) < 4.78 is 62.7. The number of carbonyl (C=O) groups is 2. The first kappa shape index (κ1) is 34.7. The molecule has 9 nitrogen and oxygen atoms in total. The Labute approximate surface area is 299 Å². The third-order valence-electron chi connectivity index (χ3n) is 10.4. The van der Waals surface area contributed by atoms with Crippen LogP contribution >= 0.6 is 0 Å². The Kier molecular flexibility index (Phi) is 12.0. The lowest BCUT2D eigenvalue weighted by Crippen LogP contribution is -2.48. The number of ether oxygens (including phenoxy) is 3. The molecule has 0 unspecified atom stereocenters. The highest BCUT2D eigenvalue weighted by Crippen LogP contribution is 2.39. The minimum Gasteiger partial charge on any atom is -0.457 e. The van der Waals surface area contributed by atoms with Crippen LogP contribution in [0.5, 0.6) is 0 Å². The summed E-state index contributed by atoms with van der Waals surface area (Å²) in [5.41, 5.74) is 2.18. The predicted molar refractivity (Wildman–Crippen MR) is 196 cm³/mol. The molecule has 0 bridgehead atoms. The molecule has 274 valence electrons. The van der Waals surface area contributed by atoms with Crippen LogP contribution in [0.4, 0.5) is 14.9 Å². The number of carbonyl (C=O) groups excluding carboxylic acids is 2.